The van der Waals surface area contributed by atoms with Crippen molar-refractivity contribution < 1.29 is 9.53 Å². The van der Waals surface area contributed by atoms with E-state index in [1.165, 1.54) is 44.9 Å². The fourth-order valence-corrected chi connectivity index (χ4v) is 8.03. The summed E-state index contributed by atoms with van der Waals surface area (Å²) in [5, 5.41) is 0. The first-order chi connectivity index (χ1) is 12.1. The van der Waals surface area contributed by atoms with Gasteiger partial charge in [-0.05, 0) is 74.5 Å². The van der Waals surface area contributed by atoms with Crippen LogP contribution in [0.25, 0.3) is 0 Å². The van der Waals surface area contributed by atoms with Gasteiger partial charge in [0.1, 0.15) is 5.78 Å². The number of ether oxygens (including phenoxy) is 1. The van der Waals surface area contributed by atoms with E-state index in [9.17, 15) is 4.79 Å². The van der Waals surface area contributed by atoms with Crippen LogP contribution in [0.3, 0.4) is 0 Å². The van der Waals surface area contributed by atoms with Gasteiger partial charge >= 0.3 is 0 Å². The summed E-state index contributed by atoms with van der Waals surface area (Å²) in [6.07, 6.45) is 16.7. The lowest BCUT2D eigenvalue weighted by Crippen LogP contribution is -2.51. The van der Waals surface area contributed by atoms with Crippen molar-refractivity contribution in [3.8, 4) is 0 Å². The zero-order valence-corrected chi connectivity index (χ0v) is 15.5. The second-order valence-corrected chi connectivity index (χ2v) is 10.2. The molecule has 2 nitrogen and oxygen atoms in total. The van der Waals surface area contributed by atoms with Crippen LogP contribution >= 0.6 is 0 Å². The first kappa shape index (κ1) is 15.2. The lowest BCUT2D eigenvalue weighted by molar-refractivity contribution is -0.120. The van der Waals surface area contributed by atoms with Crippen LogP contribution in [0.5, 0.6) is 0 Å². The molecule has 0 aromatic carbocycles. The van der Waals surface area contributed by atoms with Gasteiger partial charge in [0, 0.05) is 18.3 Å². The maximum atomic E-state index is 12.1. The molecule has 0 aromatic rings. The van der Waals surface area contributed by atoms with Crippen molar-refractivity contribution in [2.75, 3.05) is 6.61 Å². The smallest absolute Gasteiger partial charge is 0.137 e. The van der Waals surface area contributed by atoms with E-state index >= 15 is 0 Å². The Morgan fingerprint density at radius 3 is 2.76 bits per heavy atom. The molecular weight excluding hydrogens is 308 g/mol. The summed E-state index contributed by atoms with van der Waals surface area (Å²) in [7, 11) is 0. The number of rotatable bonds is 0. The van der Waals surface area contributed by atoms with E-state index < -0.39 is 0 Å². The molecule has 2 spiro atoms. The third kappa shape index (κ3) is 1.78. The van der Waals surface area contributed by atoms with Gasteiger partial charge in [0.2, 0.25) is 0 Å². The van der Waals surface area contributed by atoms with Gasteiger partial charge in [0.25, 0.3) is 0 Å². The fraction of sp³-hybridized carbons (Fsp3) is 0.783. The highest BCUT2D eigenvalue weighted by molar-refractivity contribution is 5.83. The Labute approximate surface area is 151 Å². The maximum absolute atomic E-state index is 12.1. The number of Topliss-reactive ketones (excluding diaryl/α,β-unsaturated/α-hetero) is 1. The number of hydrogen-bond acceptors (Lipinski definition) is 2. The zero-order chi connectivity index (χ0) is 16.9. The first-order valence-corrected chi connectivity index (χ1v) is 10.6. The average Bonchev–Trinajstić information content (AvgIpc) is 3.09. The third-order valence-electron chi connectivity index (χ3n) is 9.45. The molecule has 6 rings (SSSR count). The van der Waals surface area contributed by atoms with Crippen molar-refractivity contribution >= 4 is 5.78 Å². The van der Waals surface area contributed by atoms with Gasteiger partial charge in [-0.15, -0.1) is 0 Å². The molecule has 6 aliphatic rings. The van der Waals surface area contributed by atoms with Crippen molar-refractivity contribution in [3.05, 3.63) is 23.3 Å². The number of carbonyl (C=O) groups excluding carboxylic acids is 1. The van der Waals surface area contributed by atoms with Crippen molar-refractivity contribution in [2.24, 2.45) is 28.6 Å². The highest BCUT2D eigenvalue weighted by Gasteiger charge is 2.65. The van der Waals surface area contributed by atoms with Gasteiger partial charge in [0.15, 0.2) is 0 Å². The summed E-state index contributed by atoms with van der Waals surface area (Å²) in [4.78, 5) is 12.1. The van der Waals surface area contributed by atoms with Gasteiger partial charge in [-0.25, -0.2) is 0 Å². The second kappa shape index (κ2) is 4.68. The molecule has 0 amide bonds. The monoisotopic (exact) mass is 338 g/mol. The molecule has 3 saturated carbocycles. The molecule has 5 aliphatic carbocycles. The van der Waals surface area contributed by atoms with Crippen LogP contribution in [-0.2, 0) is 9.53 Å². The third-order valence-corrected chi connectivity index (χ3v) is 9.45. The molecule has 0 radical (unpaired) electrons. The van der Waals surface area contributed by atoms with Crippen molar-refractivity contribution in [1.29, 1.82) is 0 Å². The van der Waals surface area contributed by atoms with Gasteiger partial charge in [0.05, 0.1) is 12.2 Å². The van der Waals surface area contributed by atoms with Crippen LogP contribution in [0.15, 0.2) is 23.3 Å². The van der Waals surface area contributed by atoms with Crippen molar-refractivity contribution in [3.63, 3.8) is 0 Å². The molecule has 5 atom stereocenters. The Morgan fingerprint density at radius 1 is 1.12 bits per heavy atom. The molecule has 1 heterocycles. The van der Waals surface area contributed by atoms with Crippen LogP contribution in [0, 0.1) is 28.6 Å². The summed E-state index contributed by atoms with van der Waals surface area (Å²) in [5.41, 5.74) is 4.22. The van der Waals surface area contributed by atoms with Crippen molar-refractivity contribution in [1.82, 2.24) is 0 Å². The normalized spacial score (nSPS) is 49.5. The molecule has 1 aliphatic heterocycles. The highest BCUT2D eigenvalue weighted by Crippen LogP contribution is 2.71. The SMILES string of the molecule is C[C@]12CCC3C4=C(CC(=O)CC4)C4(CC4)CC3C1CC[C@@]21C=CCO1. The van der Waals surface area contributed by atoms with E-state index in [-0.39, 0.29) is 5.60 Å². The average molecular weight is 338 g/mol. The van der Waals surface area contributed by atoms with Crippen LogP contribution in [0.1, 0.15) is 71.1 Å². The lowest BCUT2D eigenvalue weighted by Gasteiger charge is -2.55. The number of allylic oxidation sites excluding steroid dienone is 2. The van der Waals surface area contributed by atoms with E-state index in [1.807, 2.05) is 0 Å². The van der Waals surface area contributed by atoms with E-state index in [0.29, 0.717) is 16.6 Å². The Bertz CT molecular complexity index is 712. The van der Waals surface area contributed by atoms with Crippen LogP contribution in [0.2, 0.25) is 0 Å². The summed E-state index contributed by atoms with van der Waals surface area (Å²) in [5.74, 6) is 2.96. The van der Waals surface area contributed by atoms with Gasteiger partial charge in [-0.1, -0.05) is 30.2 Å². The largest absolute Gasteiger partial charge is 0.366 e. The first-order valence-electron chi connectivity index (χ1n) is 10.6. The summed E-state index contributed by atoms with van der Waals surface area (Å²) in [6, 6.07) is 0. The van der Waals surface area contributed by atoms with Gasteiger partial charge in [-0.3, -0.25) is 4.79 Å². The number of carbonyl (C=O) groups is 1. The highest BCUT2D eigenvalue weighted by atomic mass is 16.5. The van der Waals surface area contributed by atoms with Crippen LogP contribution in [0.4, 0.5) is 0 Å². The van der Waals surface area contributed by atoms with Crippen LogP contribution < -0.4 is 0 Å². The molecule has 3 fully saturated rings. The molecular formula is C23H30O2. The Balaban J connectivity index is 1.41. The molecule has 25 heavy (non-hydrogen) atoms. The minimum absolute atomic E-state index is 0.0382. The molecule has 0 saturated heterocycles. The molecule has 134 valence electrons. The Hall–Kier alpha value is -0.890. The molecule has 0 aromatic heterocycles. The summed E-state index contributed by atoms with van der Waals surface area (Å²) >= 11 is 0. The van der Waals surface area contributed by atoms with E-state index in [0.717, 1.165) is 43.6 Å². The summed E-state index contributed by atoms with van der Waals surface area (Å²) in [6.45, 7) is 3.36. The Kier molecular flexibility index (Phi) is 2.85. The topological polar surface area (TPSA) is 26.3 Å². The predicted octanol–water partition coefficient (Wildman–Crippen LogP) is 4.99. The number of hydrogen-bond donors (Lipinski definition) is 0. The van der Waals surface area contributed by atoms with Gasteiger partial charge < -0.3 is 4.74 Å². The number of ketones is 1. The second-order valence-electron chi connectivity index (χ2n) is 10.2. The quantitative estimate of drug-likeness (QED) is 0.582. The molecule has 0 N–H and O–H groups in total. The molecule has 2 heteroatoms. The Morgan fingerprint density at radius 2 is 2.00 bits per heavy atom. The predicted molar refractivity (Wildman–Crippen MR) is 97.0 cm³/mol. The lowest BCUT2D eigenvalue weighted by atomic mass is 9.50. The standard InChI is InChI=1S/C23H30O2/c1-21-8-5-16-17-4-3-15(24)13-20(17)22(10-11-22)14-18(16)19(21)6-9-23(21)7-2-12-25-23/h2,7,16,18-19H,3-6,8-14H2,1H3/t16?,18?,19?,21-,23-/m0/s1. The molecule has 0 bridgehead atoms. The molecule has 3 unspecified atom stereocenters. The van der Waals surface area contributed by atoms with E-state index in [4.69, 9.17) is 4.74 Å². The zero-order valence-electron chi connectivity index (χ0n) is 15.5. The maximum Gasteiger partial charge on any atom is 0.137 e. The minimum atomic E-state index is 0.0382. The summed E-state index contributed by atoms with van der Waals surface area (Å²) < 4.78 is 6.37. The van der Waals surface area contributed by atoms with E-state index in [1.54, 1.807) is 11.1 Å². The van der Waals surface area contributed by atoms with Crippen molar-refractivity contribution in [2.45, 2.75) is 76.7 Å². The minimum Gasteiger partial charge on any atom is -0.366 e. The fourth-order valence-electron chi connectivity index (χ4n) is 8.03. The number of fused-ring (bicyclic) bond motifs is 6. The van der Waals surface area contributed by atoms with Gasteiger partial charge in [-0.2, -0.15) is 0 Å². The van der Waals surface area contributed by atoms with Crippen LogP contribution in [-0.4, -0.2) is 18.0 Å². The van der Waals surface area contributed by atoms with E-state index in [2.05, 4.69) is 19.1 Å².